The molecule has 1 aromatic heterocycles. The number of hydrogen-bond donors (Lipinski definition) is 1. The lowest BCUT2D eigenvalue weighted by atomic mass is 9.96. The van der Waals surface area contributed by atoms with Crippen molar-refractivity contribution in [2.24, 2.45) is 0 Å². The highest BCUT2D eigenvalue weighted by atomic mass is 16.5. The predicted octanol–water partition coefficient (Wildman–Crippen LogP) is 1.76. The standard InChI is InChI=1S/C12H21N3O/c1-12(2,3)11-14-8-10(9-15-11)16-7-5-6-13-4/h8-9,13H,5-7H2,1-4H3. The van der Waals surface area contributed by atoms with Crippen LogP contribution < -0.4 is 10.1 Å². The molecule has 0 radical (unpaired) electrons. The minimum absolute atomic E-state index is 0.00927. The van der Waals surface area contributed by atoms with E-state index in [2.05, 4.69) is 36.1 Å². The van der Waals surface area contributed by atoms with Gasteiger partial charge in [-0.2, -0.15) is 0 Å². The second-order valence-electron chi connectivity index (χ2n) is 4.80. The maximum Gasteiger partial charge on any atom is 0.155 e. The molecule has 0 atom stereocenters. The van der Waals surface area contributed by atoms with Gasteiger partial charge in [0, 0.05) is 5.41 Å². The molecule has 0 bridgehead atoms. The molecule has 0 aliphatic carbocycles. The van der Waals surface area contributed by atoms with Gasteiger partial charge in [0.15, 0.2) is 5.75 Å². The summed E-state index contributed by atoms with van der Waals surface area (Å²) in [7, 11) is 1.93. The summed E-state index contributed by atoms with van der Waals surface area (Å²) in [5.41, 5.74) is -0.00927. The van der Waals surface area contributed by atoms with Crippen molar-refractivity contribution in [2.75, 3.05) is 20.2 Å². The third-order valence-electron chi connectivity index (χ3n) is 2.14. The molecule has 1 rings (SSSR count). The van der Waals surface area contributed by atoms with Crippen LogP contribution in [0.25, 0.3) is 0 Å². The van der Waals surface area contributed by atoms with E-state index in [9.17, 15) is 0 Å². The van der Waals surface area contributed by atoms with Gasteiger partial charge in [-0.15, -0.1) is 0 Å². The van der Waals surface area contributed by atoms with Crippen molar-refractivity contribution in [1.82, 2.24) is 15.3 Å². The Labute approximate surface area is 97.5 Å². The van der Waals surface area contributed by atoms with Gasteiger partial charge < -0.3 is 10.1 Å². The van der Waals surface area contributed by atoms with Crippen LogP contribution in [0.4, 0.5) is 0 Å². The van der Waals surface area contributed by atoms with Crippen LogP contribution in [0.1, 0.15) is 33.0 Å². The van der Waals surface area contributed by atoms with Crippen LogP contribution in [0.5, 0.6) is 5.75 Å². The van der Waals surface area contributed by atoms with E-state index in [1.807, 2.05) is 7.05 Å². The van der Waals surface area contributed by atoms with Crippen molar-refractivity contribution < 1.29 is 4.74 Å². The summed E-state index contributed by atoms with van der Waals surface area (Å²) < 4.78 is 5.51. The molecule has 0 saturated heterocycles. The number of nitrogens with one attached hydrogen (secondary N) is 1. The minimum Gasteiger partial charge on any atom is -0.490 e. The fourth-order valence-electron chi connectivity index (χ4n) is 1.22. The summed E-state index contributed by atoms with van der Waals surface area (Å²) in [6.07, 6.45) is 4.47. The van der Waals surface area contributed by atoms with Crippen LogP contribution in [0.2, 0.25) is 0 Å². The zero-order valence-corrected chi connectivity index (χ0v) is 10.6. The summed E-state index contributed by atoms with van der Waals surface area (Å²) in [5, 5.41) is 3.07. The molecule has 0 amide bonds. The number of ether oxygens (including phenoxy) is 1. The number of aromatic nitrogens is 2. The summed E-state index contributed by atoms with van der Waals surface area (Å²) in [5.74, 6) is 1.58. The van der Waals surface area contributed by atoms with Crippen LogP contribution in [-0.2, 0) is 5.41 Å². The van der Waals surface area contributed by atoms with E-state index in [0.717, 1.165) is 24.5 Å². The smallest absolute Gasteiger partial charge is 0.155 e. The van der Waals surface area contributed by atoms with E-state index in [-0.39, 0.29) is 5.41 Å². The highest BCUT2D eigenvalue weighted by molar-refractivity contribution is 5.14. The van der Waals surface area contributed by atoms with E-state index in [1.165, 1.54) is 0 Å². The molecule has 0 aliphatic rings. The summed E-state index contributed by atoms with van der Waals surface area (Å²) in [4.78, 5) is 8.59. The van der Waals surface area contributed by atoms with Crippen molar-refractivity contribution in [3.05, 3.63) is 18.2 Å². The molecule has 1 aromatic rings. The molecular formula is C12H21N3O. The lowest BCUT2D eigenvalue weighted by Gasteiger charge is -2.16. The largest absolute Gasteiger partial charge is 0.490 e. The normalized spacial score (nSPS) is 11.5. The summed E-state index contributed by atoms with van der Waals surface area (Å²) >= 11 is 0. The van der Waals surface area contributed by atoms with Crippen molar-refractivity contribution in [1.29, 1.82) is 0 Å². The zero-order chi connectivity index (χ0) is 12.0. The third kappa shape index (κ3) is 4.14. The van der Waals surface area contributed by atoms with E-state index < -0.39 is 0 Å². The Bertz CT molecular complexity index is 303. The second kappa shape index (κ2) is 5.80. The van der Waals surface area contributed by atoms with Gasteiger partial charge >= 0.3 is 0 Å². The Kier molecular flexibility index (Phi) is 4.68. The first-order valence-corrected chi connectivity index (χ1v) is 5.64. The summed E-state index contributed by atoms with van der Waals surface area (Å²) in [6.45, 7) is 7.93. The fourth-order valence-corrected chi connectivity index (χ4v) is 1.22. The van der Waals surface area contributed by atoms with Crippen molar-refractivity contribution in [3.63, 3.8) is 0 Å². The molecule has 16 heavy (non-hydrogen) atoms. The number of rotatable bonds is 5. The maximum atomic E-state index is 5.51. The van der Waals surface area contributed by atoms with Gasteiger partial charge in [0.2, 0.25) is 0 Å². The first-order valence-electron chi connectivity index (χ1n) is 5.64. The van der Waals surface area contributed by atoms with Crippen molar-refractivity contribution in [2.45, 2.75) is 32.6 Å². The minimum atomic E-state index is -0.00927. The predicted molar refractivity (Wildman–Crippen MR) is 64.8 cm³/mol. The van der Waals surface area contributed by atoms with Crippen LogP contribution in [0, 0.1) is 0 Å². The fraction of sp³-hybridized carbons (Fsp3) is 0.667. The Morgan fingerprint density at radius 1 is 1.25 bits per heavy atom. The van der Waals surface area contributed by atoms with Crippen LogP contribution in [-0.4, -0.2) is 30.2 Å². The lowest BCUT2D eigenvalue weighted by Crippen LogP contribution is -2.16. The van der Waals surface area contributed by atoms with Gasteiger partial charge in [0.1, 0.15) is 5.82 Å². The molecule has 0 unspecified atom stereocenters. The Morgan fingerprint density at radius 2 is 1.88 bits per heavy atom. The highest BCUT2D eigenvalue weighted by Crippen LogP contribution is 2.18. The number of hydrogen-bond acceptors (Lipinski definition) is 4. The van der Waals surface area contributed by atoms with Gasteiger partial charge in [0.05, 0.1) is 19.0 Å². The van der Waals surface area contributed by atoms with Crippen molar-refractivity contribution >= 4 is 0 Å². The maximum absolute atomic E-state index is 5.51. The van der Waals surface area contributed by atoms with Gasteiger partial charge in [-0.25, -0.2) is 9.97 Å². The second-order valence-corrected chi connectivity index (χ2v) is 4.80. The zero-order valence-electron chi connectivity index (χ0n) is 10.6. The molecule has 0 fully saturated rings. The Balaban J connectivity index is 2.46. The average Bonchev–Trinajstić information content (AvgIpc) is 2.24. The van der Waals surface area contributed by atoms with E-state index in [4.69, 9.17) is 4.74 Å². The molecular weight excluding hydrogens is 202 g/mol. The third-order valence-corrected chi connectivity index (χ3v) is 2.14. The lowest BCUT2D eigenvalue weighted by molar-refractivity contribution is 0.306. The molecule has 0 saturated carbocycles. The molecule has 0 spiro atoms. The van der Waals surface area contributed by atoms with E-state index in [1.54, 1.807) is 12.4 Å². The van der Waals surface area contributed by atoms with Gasteiger partial charge in [-0.3, -0.25) is 0 Å². The Morgan fingerprint density at radius 3 is 2.38 bits per heavy atom. The van der Waals surface area contributed by atoms with Crippen LogP contribution >= 0.6 is 0 Å². The molecule has 0 aromatic carbocycles. The van der Waals surface area contributed by atoms with E-state index >= 15 is 0 Å². The molecule has 0 aliphatic heterocycles. The first-order chi connectivity index (χ1) is 7.54. The number of nitrogens with zero attached hydrogens (tertiary/aromatic N) is 2. The van der Waals surface area contributed by atoms with Crippen LogP contribution in [0.15, 0.2) is 12.4 Å². The SMILES string of the molecule is CNCCCOc1cnc(C(C)(C)C)nc1. The molecule has 4 heteroatoms. The molecule has 90 valence electrons. The molecule has 1 heterocycles. The summed E-state index contributed by atoms with van der Waals surface area (Å²) in [6, 6.07) is 0. The topological polar surface area (TPSA) is 47.0 Å². The average molecular weight is 223 g/mol. The van der Waals surface area contributed by atoms with E-state index in [0.29, 0.717) is 6.61 Å². The van der Waals surface area contributed by atoms with Gasteiger partial charge in [0.25, 0.3) is 0 Å². The first kappa shape index (κ1) is 12.9. The van der Waals surface area contributed by atoms with Crippen LogP contribution in [0.3, 0.4) is 0 Å². The highest BCUT2D eigenvalue weighted by Gasteiger charge is 2.16. The molecule has 4 nitrogen and oxygen atoms in total. The van der Waals surface area contributed by atoms with Crippen molar-refractivity contribution in [3.8, 4) is 5.75 Å². The monoisotopic (exact) mass is 223 g/mol. The molecule has 1 N–H and O–H groups in total. The Hall–Kier alpha value is -1.16. The van der Waals surface area contributed by atoms with Gasteiger partial charge in [-0.1, -0.05) is 20.8 Å². The quantitative estimate of drug-likeness (QED) is 0.773. The van der Waals surface area contributed by atoms with Gasteiger partial charge in [-0.05, 0) is 20.0 Å².